The number of nitrogens with zero attached hydrogens (tertiary/aromatic N) is 5. The summed E-state index contributed by atoms with van der Waals surface area (Å²) in [6, 6.07) is 13.1. The van der Waals surface area contributed by atoms with Crippen molar-refractivity contribution in [3.8, 4) is 22.5 Å². The van der Waals surface area contributed by atoms with E-state index < -0.39 is 9.84 Å². The van der Waals surface area contributed by atoms with Crippen molar-refractivity contribution in [3.05, 3.63) is 60.2 Å². The number of H-pyrrole nitrogens is 2. The second kappa shape index (κ2) is 8.51. The van der Waals surface area contributed by atoms with Crippen molar-refractivity contribution in [2.45, 2.75) is 17.9 Å². The number of sulfone groups is 1. The molecule has 4 rings (SSSR count). The second-order valence-electron chi connectivity index (χ2n) is 6.74. The van der Waals surface area contributed by atoms with Crippen LogP contribution in [0, 0.1) is 0 Å². The Balaban J connectivity index is 1.55. The van der Waals surface area contributed by atoms with Gasteiger partial charge in [0.1, 0.15) is 6.33 Å². The van der Waals surface area contributed by atoms with Crippen LogP contribution in [-0.4, -0.2) is 57.0 Å². The molecule has 2 aromatic carbocycles. The van der Waals surface area contributed by atoms with Gasteiger partial charge in [-0.05, 0) is 33.2 Å². The summed E-state index contributed by atoms with van der Waals surface area (Å²) in [6.07, 6.45) is 3.48. The molecule has 0 aliphatic carbocycles. The van der Waals surface area contributed by atoms with Crippen molar-refractivity contribution in [1.82, 2.24) is 41.1 Å². The predicted octanol–water partition coefficient (Wildman–Crippen LogP) is 1.39. The number of rotatable bonds is 8. The summed E-state index contributed by atoms with van der Waals surface area (Å²) in [6.45, 7) is 1.46. The van der Waals surface area contributed by atoms with E-state index in [0.717, 1.165) is 35.5 Å². The molecule has 10 nitrogen and oxygen atoms in total. The minimum Gasteiger partial charge on any atom is -0.312 e. The van der Waals surface area contributed by atoms with Crippen molar-refractivity contribution in [2.24, 2.45) is 0 Å². The van der Waals surface area contributed by atoms with Crippen LogP contribution in [0.2, 0.25) is 0 Å². The van der Waals surface area contributed by atoms with Gasteiger partial charge in [-0.1, -0.05) is 36.4 Å². The normalized spacial score (nSPS) is 11.6. The highest BCUT2D eigenvalue weighted by atomic mass is 32.2. The first-order valence-electron chi connectivity index (χ1n) is 9.24. The highest BCUT2D eigenvalue weighted by Crippen LogP contribution is 2.35. The molecule has 2 aromatic heterocycles. The van der Waals surface area contributed by atoms with Crippen LogP contribution in [0.3, 0.4) is 0 Å². The molecule has 0 saturated heterocycles. The molecular formula is C19H20N8O2S. The number of benzene rings is 2. The van der Waals surface area contributed by atoms with Gasteiger partial charge in [-0.2, -0.15) is 5.10 Å². The largest absolute Gasteiger partial charge is 0.312 e. The zero-order chi connectivity index (χ0) is 21.0. The molecule has 3 N–H and O–H groups in total. The van der Waals surface area contributed by atoms with E-state index in [2.05, 4.69) is 41.1 Å². The summed E-state index contributed by atoms with van der Waals surface area (Å²) < 4.78 is 24.6. The van der Waals surface area contributed by atoms with E-state index in [-0.39, 0.29) is 4.90 Å². The van der Waals surface area contributed by atoms with Gasteiger partial charge in [-0.3, -0.25) is 5.10 Å². The van der Waals surface area contributed by atoms with Crippen molar-refractivity contribution in [1.29, 1.82) is 0 Å². The summed E-state index contributed by atoms with van der Waals surface area (Å²) in [5, 5.41) is 23.9. The lowest BCUT2D eigenvalue weighted by Gasteiger charge is -2.12. The zero-order valence-corrected chi connectivity index (χ0v) is 17.0. The monoisotopic (exact) mass is 424 g/mol. The van der Waals surface area contributed by atoms with Gasteiger partial charge in [0.05, 0.1) is 4.90 Å². The molecule has 30 heavy (non-hydrogen) atoms. The van der Waals surface area contributed by atoms with Crippen LogP contribution in [0.25, 0.3) is 22.5 Å². The fourth-order valence-electron chi connectivity index (χ4n) is 3.18. The molecule has 154 valence electrons. The first-order chi connectivity index (χ1) is 14.5. The second-order valence-corrected chi connectivity index (χ2v) is 8.72. The summed E-state index contributed by atoms with van der Waals surface area (Å²) in [5.41, 5.74) is 3.18. The number of hydrogen-bond acceptors (Lipinski definition) is 8. The highest BCUT2D eigenvalue weighted by molar-refractivity contribution is 7.90. The van der Waals surface area contributed by atoms with Gasteiger partial charge in [0.2, 0.25) is 0 Å². The average Bonchev–Trinajstić information content (AvgIpc) is 3.45. The van der Waals surface area contributed by atoms with Gasteiger partial charge < -0.3 is 5.32 Å². The smallest absolute Gasteiger partial charge is 0.181 e. The lowest BCUT2D eigenvalue weighted by molar-refractivity contribution is 0.602. The zero-order valence-electron chi connectivity index (χ0n) is 16.2. The third kappa shape index (κ3) is 4.42. The quantitative estimate of drug-likeness (QED) is 0.360. The van der Waals surface area contributed by atoms with E-state index in [1.165, 1.54) is 6.26 Å². The minimum atomic E-state index is -3.47. The van der Waals surface area contributed by atoms with E-state index in [4.69, 9.17) is 0 Å². The lowest BCUT2D eigenvalue weighted by Crippen LogP contribution is -2.17. The maximum atomic E-state index is 12.3. The molecule has 11 heteroatoms. The molecule has 0 radical (unpaired) electrons. The lowest BCUT2D eigenvalue weighted by atomic mass is 9.98. The molecule has 0 saturated carbocycles. The molecule has 0 aliphatic rings. The third-order valence-electron chi connectivity index (χ3n) is 4.59. The van der Waals surface area contributed by atoms with Crippen LogP contribution in [0.5, 0.6) is 0 Å². The van der Waals surface area contributed by atoms with E-state index in [0.29, 0.717) is 17.9 Å². The number of nitrogens with one attached hydrogen (secondary N) is 3. The Morgan fingerprint density at radius 2 is 1.93 bits per heavy atom. The van der Waals surface area contributed by atoms with Gasteiger partial charge in [0.15, 0.2) is 21.5 Å². The van der Waals surface area contributed by atoms with Crippen LogP contribution in [0.1, 0.15) is 11.4 Å². The molecule has 0 atom stereocenters. The first kappa shape index (κ1) is 19.9. The number of aromatic amines is 2. The number of hydrogen-bond donors (Lipinski definition) is 3. The van der Waals surface area contributed by atoms with E-state index in [1.54, 1.807) is 18.5 Å². The Morgan fingerprint density at radius 3 is 2.60 bits per heavy atom. The van der Waals surface area contributed by atoms with E-state index in [1.807, 2.05) is 30.3 Å². The van der Waals surface area contributed by atoms with Crippen LogP contribution in [-0.2, 0) is 22.8 Å². The molecule has 4 aromatic rings. The van der Waals surface area contributed by atoms with Crippen molar-refractivity contribution in [2.75, 3.05) is 12.8 Å². The van der Waals surface area contributed by atoms with Gasteiger partial charge >= 0.3 is 0 Å². The molecule has 0 bridgehead atoms. The molecular weight excluding hydrogens is 404 g/mol. The molecule has 0 unspecified atom stereocenters. The molecule has 0 fully saturated rings. The number of aromatic nitrogens is 7. The van der Waals surface area contributed by atoms with Gasteiger partial charge in [0.25, 0.3) is 0 Å². The fraction of sp³-hybridized carbons (Fsp3) is 0.211. The Bertz CT molecular complexity index is 1200. The summed E-state index contributed by atoms with van der Waals surface area (Å²) in [5.74, 6) is 1.08. The fourth-order valence-corrected chi connectivity index (χ4v) is 4.08. The van der Waals surface area contributed by atoms with Crippen LogP contribution < -0.4 is 5.32 Å². The molecule has 2 heterocycles. The Morgan fingerprint density at radius 1 is 1.10 bits per heavy atom. The molecule has 0 aliphatic heterocycles. The van der Waals surface area contributed by atoms with Crippen LogP contribution in [0.15, 0.2) is 53.7 Å². The average molecular weight is 424 g/mol. The predicted molar refractivity (Wildman–Crippen MR) is 110 cm³/mol. The van der Waals surface area contributed by atoms with Crippen molar-refractivity contribution in [3.63, 3.8) is 0 Å². The maximum Gasteiger partial charge on any atom is 0.181 e. The summed E-state index contributed by atoms with van der Waals surface area (Å²) >= 11 is 0. The van der Waals surface area contributed by atoms with Crippen molar-refractivity contribution < 1.29 is 8.42 Å². The topological polar surface area (TPSA) is 142 Å². The summed E-state index contributed by atoms with van der Waals surface area (Å²) in [4.78, 5) is 4.27. The van der Waals surface area contributed by atoms with Gasteiger partial charge in [-0.25, -0.2) is 18.5 Å². The first-order valence-corrected chi connectivity index (χ1v) is 11.1. The molecule has 0 spiro atoms. The number of tetrazole rings is 1. The van der Waals surface area contributed by atoms with Gasteiger partial charge in [-0.15, -0.1) is 5.10 Å². The highest BCUT2D eigenvalue weighted by Gasteiger charge is 2.21. The Kier molecular flexibility index (Phi) is 5.63. The van der Waals surface area contributed by atoms with Crippen LogP contribution in [0.4, 0.5) is 0 Å². The van der Waals surface area contributed by atoms with E-state index >= 15 is 0 Å². The summed E-state index contributed by atoms with van der Waals surface area (Å²) in [7, 11) is -3.47. The Hall–Kier alpha value is -3.44. The molecule has 0 amide bonds. The SMILES string of the molecule is CS(=O)(=O)c1cccc(-c2ccc(CNCCc3nc[nH]n3)cc2)c1-c1nnn[nH]1. The maximum absolute atomic E-state index is 12.3. The standard InChI is InChI=1S/C19H20N8O2S/c1-30(28,29)16-4-2-3-15(18(16)19-24-26-27-25-19)14-7-5-13(6-8-14)11-20-10-9-17-21-12-22-23-17/h2-8,12,20H,9-11H2,1H3,(H,21,22,23)(H,24,25,26,27). The Labute approximate surface area is 173 Å². The van der Waals surface area contributed by atoms with Crippen molar-refractivity contribution >= 4 is 9.84 Å². The third-order valence-corrected chi connectivity index (χ3v) is 5.73. The van der Waals surface area contributed by atoms with E-state index in [9.17, 15) is 8.42 Å². The van der Waals surface area contributed by atoms with Gasteiger partial charge in [0, 0.05) is 31.3 Å². The van der Waals surface area contributed by atoms with Crippen LogP contribution >= 0.6 is 0 Å². The minimum absolute atomic E-state index is 0.177.